The van der Waals surface area contributed by atoms with E-state index in [-0.39, 0.29) is 11.9 Å². The topological polar surface area (TPSA) is 9.23 Å². The van der Waals surface area contributed by atoms with Gasteiger partial charge in [0.2, 0.25) is 0 Å². The van der Waals surface area contributed by atoms with Gasteiger partial charge in [-0.15, -0.1) is 0 Å². The Morgan fingerprint density at radius 3 is 2.80 bits per heavy atom. The lowest BCUT2D eigenvalue weighted by Crippen LogP contribution is -2.01. The summed E-state index contributed by atoms with van der Waals surface area (Å²) >= 11 is 0. The van der Waals surface area contributed by atoms with E-state index in [1.165, 1.54) is 29.2 Å². The van der Waals surface area contributed by atoms with Crippen molar-refractivity contribution >= 4 is 0 Å². The molecule has 0 bridgehead atoms. The van der Waals surface area contributed by atoms with Gasteiger partial charge >= 0.3 is 0 Å². The van der Waals surface area contributed by atoms with E-state index in [1.54, 1.807) is 6.08 Å². The van der Waals surface area contributed by atoms with E-state index in [9.17, 15) is 4.39 Å². The predicted molar refractivity (Wildman–Crippen MR) is 81.3 cm³/mol. The summed E-state index contributed by atoms with van der Waals surface area (Å²) in [5.41, 5.74) is 5.16. The molecule has 0 heterocycles. The Morgan fingerprint density at radius 2 is 2.15 bits per heavy atom. The summed E-state index contributed by atoms with van der Waals surface area (Å²) in [6.45, 7) is 7.71. The van der Waals surface area contributed by atoms with Crippen LogP contribution in [0.2, 0.25) is 0 Å². The van der Waals surface area contributed by atoms with E-state index >= 15 is 0 Å². The number of hydrogen-bond acceptors (Lipinski definition) is 1. The van der Waals surface area contributed by atoms with E-state index in [2.05, 4.69) is 26.0 Å². The van der Waals surface area contributed by atoms with Gasteiger partial charge in [0.1, 0.15) is 11.9 Å². The smallest absolute Gasteiger partial charge is 0.151 e. The molecule has 1 aromatic rings. The predicted octanol–water partition coefficient (Wildman–Crippen LogP) is 5.47. The highest BCUT2D eigenvalue weighted by Gasteiger charge is 2.26. The van der Waals surface area contributed by atoms with Crippen molar-refractivity contribution in [3.63, 3.8) is 0 Å². The highest BCUT2D eigenvalue weighted by Crippen LogP contribution is 2.38. The molecule has 1 aliphatic carbocycles. The Labute approximate surface area is 121 Å². The third kappa shape index (κ3) is 3.12. The van der Waals surface area contributed by atoms with Crippen molar-refractivity contribution in [2.24, 2.45) is 0 Å². The molecule has 108 valence electrons. The Balaban J connectivity index is 2.26. The zero-order chi connectivity index (χ0) is 14.7. The maximum absolute atomic E-state index is 13.6. The standard InChI is InChI=1S/C18H23FO/c1-5-6-7-17(14(4)19)20-18-9-8-15-13(3)10-12(2)11-16(15)18/h6-7,10-11,18H,5,8-9H2,1-4H3/b7-6-,17-14-. The maximum Gasteiger partial charge on any atom is 0.151 e. The molecule has 1 nitrogen and oxygen atoms in total. The van der Waals surface area contributed by atoms with Crippen LogP contribution in [0.4, 0.5) is 4.39 Å². The van der Waals surface area contributed by atoms with Crippen LogP contribution in [0.5, 0.6) is 0 Å². The van der Waals surface area contributed by atoms with Gasteiger partial charge in [-0.2, -0.15) is 0 Å². The minimum absolute atomic E-state index is 0.0224. The van der Waals surface area contributed by atoms with Gasteiger partial charge in [0.05, 0.1) is 0 Å². The molecule has 0 saturated heterocycles. The number of allylic oxidation sites excluding steroid dienone is 3. The van der Waals surface area contributed by atoms with E-state index in [0.717, 1.165) is 19.3 Å². The molecule has 2 heteroatoms. The van der Waals surface area contributed by atoms with Crippen LogP contribution in [0.1, 0.15) is 55.0 Å². The molecular formula is C18H23FO. The first-order chi connectivity index (χ1) is 9.52. The normalized spacial score (nSPS) is 19.1. The van der Waals surface area contributed by atoms with Gasteiger partial charge in [-0.1, -0.05) is 30.7 Å². The van der Waals surface area contributed by atoms with Crippen LogP contribution in [0.15, 0.2) is 35.9 Å². The number of fused-ring (bicyclic) bond motifs is 1. The van der Waals surface area contributed by atoms with Crippen LogP contribution in [0.3, 0.4) is 0 Å². The van der Waals surface area contributed by atoms with Crippen molar-refractivity contribution < 1.29 is 9.13 Å². The summed E-state index contributed by atoms with van der Waals surface area (Å²) in [6.07, 6.45) is 6.47. The van der Waals surface area contributed by atoms with E-state index in [1.807, 2.05) is 13.0 Å². The molecule has 1 aromatic carbocycles. The van der Waals surface area contributed by atoms with Crippen molar-refractivity contribution in [2.75, 3.05) is 0 Å². The fraction of sp³-hybridized carbons (Fsp3) is 0.444. The summed E-state index contributed by atoms with van der Waals surface area (Å²) in [4.78, 5) is 0. The first-order valence-corrected chi connectivity index (χ1v) is 7.32. The third-order valence-corrected chi connectivity index (χ3v) is 3.77. The fourth-order valence-corrected chi connectivity index (χ4v) is 2.83. The Kier molecular flexibility index (Phi) is 4.64. The van der Waals surface area contributed by atoms with Gasteiger partial charge < -0.3 is 4.74 Å². The first-order valence-electron chi connectivity index (χ1n) is 7.32. The van der Waals surface area contributed by atoms with Crippen LogP contribution in [-0.4, -0.2) is 0 Å². The molecule has 2 rings (SSSR count). The number of halogens is 1. The van der Waals surface area contributed by atoms with Crippen molar-refractivity contribution in [3.8, 4) is 0 Å². The van der Waals surface area contributed by atoms with Crippen LogP contribution < -0.4 is 0 Å². The highest BCUT2D eigenvalue weighted by atomic mass is 19.1. The molecule has 0 saturated carbocycles. The lowest BCUT2D eigenvalue weighted by Gasteiger charge is -2.17. The van der Waals surface area contributed by atoms with E-state index < -0.39 is 0 Å². The summed E-state index contributed by atoms with van der Waals surface area (Å²) < 4.78 is 19.5. The molecule has 0 N–H and O–H groups in total. The number of benzene rings is 1. The van der Waals surface area contributed by atoms with Crippen LogP contribution in [0.25, 0.3) is 0 Å². The van der Waals surface area contributed by atoms with Crippen molar-refractivity contribution in [1.82, 2.24) is 0 Å². The Bertz CT molecular complexity index is 551. The van der Waals surface area contributed by atoms with Gasteiger partial charge in [0, 0.05) is 0 Å². The first kappa shape index (κ1) is 14.8. The summed E-state index contributed by atoms with van der Waals surface area (Å²) in [5, 5.41) is 0. The molecular weight excluding hydrogens is 251 g/mol. The molecule has 1 unspecified atom stereocenters. The average molecular weight is 274 g/mol. The van der Waals surface area contributed by atoms with Gasteiger partial charge in [-0.3, -0.25) is 0 Å². The Morgan fingerprint density at radius 1 is 1.40 bits per heavy atom. The third-order valence-electron chi connectivity index (χ3n) is 3.77. The number of hydrogen-bond donors (Lipinski definition) is 0. The number of aryl methyl sites for hydroxylation is 2. The maximum atomic E-state index is 13.6. The second kappa shape index (κ2) is 6.25. The summed E-state index contributed by atoms with van der Waals surface area (Å²) in [6, 6.07) is 4.38. The van der Waals surface area contributed by atoms with Crippen LogP contribution in [0, 0.1) is 13.8 Å². The Hall–Kier alpha value is -1.57. The molecule has 1 aliphatic rings. The van der Waals surface area contributed by atoms with E-state index in [0.29, 0.717) is 5.76 Å². The fourth-order valence-electron chi connectivity index (χ4n) is 2.83. The molecule has 0 aromatic heterocycles. The molecule has 0 fully saturated rings. The molecule has 0 amide bonds. The van der Waals surface area contributed by atoms with Crippen molar-refractivity contribution in [3.05, 3.63) is 58.1 Å². The number of rotatable bonds is 4. The second-order valence-corrected chi connectivity index (χ2v) is 5.50. The SMILES string of the molecule is CC/C=C\C(OC1CCc2c(C)cc(C)cc21)=C(/C)F. The zero-order valence-electron chi connectivity index (χ0n) is 12.8. The monoisotopic (exact) mass is 274 g/mol. The molecule has 0 aliphatic heterocycles. The minimum atomic E-state index is -0.257. The molecule has 0 radical (unpaired) electrons. The summed E-state index contributed by atoms with van der Waals surface area (Å²) in [7, 11) is 0. The average Bonchev–Trinajstić information content (AvgIpc) is 2.77. The number of ether oxygens (including phenoxy) is 1. The van der Waals surface area contributed by atoms with Gasteiger partial charge in [0.25, 0.3) is 0 Å². The lowest BCUT2D eigenvalue weighted by molar-refractivity contribution is 0.121. The highest BCUT2D eigenvalue weighted by molar-refractivity contribution is 5.43. The molecule has 1 atom stereocenters. The lowest BCUT2D eigenvalue weighted by atomic mass is 10.0. The van der Waals surface area contributed by atoms with Gasteiger partial charge in [0.15, 0.2) is 5.76 Å². The zero-order valence-corrected chi connectivity index (χ0v) is 12.8. The van der Waals surface area contributed by atoms with Crippen LogP contribution >= 0.6 is 0 Å². The molecule has 0 spiro atoms. The van der Waals surface area contributed by atoms with Crippen molar-refractivity contribution in [2.45, 2.75) is 53.1 Å². The largest absolute Gasteiger partial charge is 0.483 e. The second-order valence-electron chi connectivity index (χ2n) is 5.50. The quantitative estimate of drug-likeness (QED) is 0.522. The van der Waals surface area contributed by atoms with Gasteiger partial charge in [-0.25, -0.2) is 4.39 Å². The van der Waals surface area contributed by atoms with Gasteiger partial charge in [-0.05, 0) is 62.8 Å². The van der Waals surface area contributed by atoms with E-state index in [4.69, 9.17) is 4.74 Å². The van der Waals surface area contributed by atoms with Crippen LogP contribution in [-0.2, 0) is 11.2 Å². The minimum Gasteiger partial charge on any atom is -0.483 e. The summed E-state index contributed by atoms with van der Waals surface area (Å²) in [5.74, 6) is 0.108. The van der Waals surface area contributed by atoms with Crippen molar-refractivity contribution in [1.29, 1.82) is 0 Å². The molecule has 20 heavy (non-hydrogen) atoms.